The van der Waals surface area contributed by atoms with Crippen LogP contribution < -0.4 is 4.74 Å². The van der Waals surface area contributed by atoms with Gasteiger partial charge < -0.3 is 25.2 Å². The maximum absolute atomic E-state index is 12.3. The van der Waals surface area contributed by atoms with Crippen molar-refractivity contribution in [2.45, 2.75) is 32.6 Å². The molecule has 4 N–H and O–H groups in total. The van der Waals surface area contributed by atoms with Gasteiger partial charge in [-0.2, -0.15) is 0 Å². The Morgan fingerprint density at radius 3 is 2.14 bits per heavy atom. The van der Waals surface area contributed by atoms with Gasteiger partial charge in [-0.05, 0) is 44.0 Å². The number of hydrogen-bond acceptors (Lipinski definition) is 7. The van der Waals surface area contributed by atoms with Gasteiger partial charge in [-0.1, -0.05) is 0 Å². The van der Waals surface area contributed by atoms with Gasteiger partial charge in [0.25, 0.3) is 0 Å². The molecule has 8 heteroatoms. The van der Waals surface area contributed by atoms with Crippen molar-refractivity contribution in [2.75, 3.05) is 7.11 Å². The zero-order valence-corrected chi connectivity index (χ0v) is 16.1. The molecule has 0 aliphatic heterocycles. The number of phenols is 3. The standard InChI is InChI=1S/C21H22O8/c1-11(22)12-7-14(21(28)19(8-12)29-2)13-9-18(25)15(10-17(13)24)16(23)5-3-4-6-20(26)27/h7-10,24-25,28H,3-6H2,1-2H3,(H,26,27). The lowest BCUT2D eigenvalue weighted by molar-refractivity contribution is -0.137. The first-order valence-corrected chi connectivity index (χ1v) is 8.89. The van der Waals surface area contributed by atoms with Crippen molar-refractivity contribution in [1.82, 2.24) is 0 Å². The summed E-state index contributed by atoms with van der Waals surface area (Å²) in [5.74, 6) is -2.80. The van der Waals surface area contributed by atoms with E-state index in [2.05, 4.69) is 0 Å². The van der Waals surface area contributed by atoms with Gasteiger partial charge in [-0.3, -0.25) is 14.4 Å². The molecule has 0 unspecified atom stereocenters. The first-order valence-electron chi connectivity index (χ1n) is 8.89. The van der Waals surface area contributed by atoms with E-state index in [9.17, 15) is 29.7 Å². The number of carboxylic acid groups (broad SMARTS) is 1. The number of unbranched alkanes of at least 4 members (excludes halogenated alkanes) is 1. The van der Waals surface area contributed by atoms with Gasteiger partial charge in [-0.15, -0.1) is 0 Å². The average Bonchev–Trinajstić information content (AvgIpc) is 2.66. The molecule has 0 heterocycles. The number of carbonyl (C=O) groups is 3. The highest BCUT2D eigenvalue weighted by Gasteiger charge is 2.21. The predicted molar refractivity (Wildman–Crippen MR) is 104 cm³/mol. The number of Topliss-reactive ketones (excluding diaryl/α,β-unsaturated/α-hetero) is 2. The molecular formula is C21H22O8. The van der Waals surface area contributed by atoms with Crippen molar-refractivity contribution >= 4 is 17.5 Å². The van der Waals surface area contributed by atoms with E-state index in [1.54, 1.807) is 0 Å². The van der Waals surface area contributed by atoms with Gasteiger partial charge in [0.15, 0.2) is 23.1 Å². The summed E-state index contributed by atoms with van der Waals surface area (Å²) in [6.07, 6.45) is 0.596. The van der Waals surface area contributed by atoms with Crippen LogP contribution in [0.3, 0.4) is 0 Å². The van der Waals surface area contributed by atoms with Gasteiger partial charge in [0, 0.05) is 29.5 Å². The van der Waals surface area contributed by atoms with E-state index in [1.165, 1.54) is 26.2 Å². The normalized spacial score (nSPS) is 10.6. The lowest BCUT2D eigenvalue weighted by Crippen LogP contribution is -2.02. The van der Waals surface area contributed by atoms with Crippen molar-refractivity contribution in [3.8, 4) is 34.1 Å². The molecule has 0 fully saturated rings. The molecule has 2 aromatic rings. The zero-order valence-electron chi connectivity index (χ0n) is 16.1. The van der Waals surface area contributed by atoms with Crippen LogP contribution in [0.15, 0.2) is 24.3 Å². The quantitative estimate of drug-likeness (QED) is 0.284. The van der Waals surface area contributed by atoms with Crippen LogP contribution in [0, 0.1) is 0 Å². The van der Waals surface area contributed by atoms with Crippen molar-refractivity contribution in [3.63, 3.8) is 0 Å². The summed E-state index contributed by atoms with van der Waals surface area (Å²) in [6, 6.07) is 4.91. The topological polar surface area (TPSA) is 141 Å². The number of carboxylic acids is 1. The number of benzene rings is 2. The molecular weight excluding hydrogens is 380 g/mol. The SMILES string of the molecule is COc1cc(C(C)=O)cc(-c2cc(O)c(C(=O)CCCCC(=O)O)cc2O)c1O. The number of hydrogen-bond donors (Lipinski definition) is 4. The van der Waals surface area contributed by atoms with Crippen molar-refractivity contribution in [3.05, 3.63) is 35.4 Å². The van der Waals surface area contributed by atoms with Gasteiger partial charge >= 0.3 is 5.97 Å². The van der Waals surface area contributed by atoms with E-state index in [0.717, 1.165) is 12.1 Å². The third kappa shape index (κ3) is 5.04. The fourth-order valence-corrected chi connectivity index (χ4v) is 2.88. The number of carbonyl (C=O) groups excluding carboxylic acids is 2. The third-order valence-electron chi connectivity index (χ3n) is 4.45. The second-order valence-electron chi connectivity index (χ2n) is 6.54. The highest BCUT2D eigenvalue weighted by Crippen LogP contribution is 2.44. The van der Waals surface area contributed by atoms with E-state index < -0.39 is 17.5 Å². The molecule has 2 aromatic carbocycles. The molecule has 0 saturated carbocycles. The Balaban J connectivity index is 2.39. The molecule has 8 nitrogen and oxygen atoms in total. The summed E-state index contributed by atoms with van der Waals surface area (Å²) in [4.78, 5) is 34.5. The van der Waals surface area contributed by atoms with E-state index >= 15 is 0 Å². The number of aromatic hydroxyl groups is 3. The molecule has 29 heavy (non-hydrogen) atoms. The molecule has 0 atom stereocenters. The Labute approximate surface area is 167 Å². The fourth-order valence-electron chi connectivity index (χ4n) is 2.88. The molecule has 0 radical (unpaired) electrons. The maximum Gasteiger partial charge on any atom is 0.303 e. The lowest BCUT2D eigenvalue weighted by atomic mass is 9.95. The second-order valence-corrected chi connectivity index (χ2v) is 6.54. The van der Waals surface area contributed by atoms with E-state index in [4.69, 9.17) is 9.84 Å². The van der Waals surface area contributed by atoms with Crippen LogP contribution in [-0.4, -0.2) is 45.1 Å². The van der Waals surface area contributed by atoms with Crippen LogP contribution in [0.1, 0.15) is 53.3 Å². The second kappa shape index (κ2) is 9.09. The monoisotopic (exact) mass is 402 g/mol. The van der Waals surface area contributed by atoms with Gasteiger partial charge in [0.1, 0.15) is 11.5 Å². The summed E-state index contributed by atoms with van der Waals surface area (Å²) in [7, 11) is 1.31. The molecule has 154 valence electrons. The van der Waals surface area contributed by atoms with Crippen LogP contribution in [-0.2, 0) is 4.79 Å². The van der Waals surface area contributed by atoms with Gasteiger partial charge in [0.2, 0.25) is 0 Å². The maximum atomic E-state index is 12.3. The number of rotatable bonds is 9. The van der Waals surface area contributed by atoms with Crippen molar-refractivity contribution in [2.24, 2.45) is 0 Å². The van der Waals surface area contributed by atoms with Crippen molar-refractivity contribution < 1.29 is 39.5 Å². The fraction of sp³-hybridized carbons (Fsp3) is 0.286. The summed E-state index contributed by atoms with van der Waals surface area (Å²) in [6.45, 7) is 1.33. The van der Waals surface area contributed by atoms with E-state index in [1.807, 2.05) is 0 Å². The number of phenolic OH excluding ortho intramolecular Hbond substituents is 3. The molecule has 0 spiro atoms. The number of aliphatic carboxylic acids is 1. The van der Waals surface area contributed by atoms with Crippen LogP contribution in [0.4, 0.5) is 0 Å². The molecule has 0 bridgehead atoms. The molecule has 0 amide bonds. The molecule has 2 rings (SSSR count). The summed E-state index contributed by atoms with van der Waals surface area (Å²) >= 11 is 0. The highest BCUT2D eigenvalue weighted by molar-refractivity contribution is 6.01. The lowest BCUT2D eigenvalue weighted by Gasteiger charge is -2.14. The first-order chi connectivity index (χ1) is 13.6. The minimum Gasteiger partial charge on any atom is -0.507 e. The minimum atomic E-state index is -0.953. The van der Waals surface area contributed by atoms with Crippen molar-refractivity contribution in [1.29, 1.82) is 0 Å². The Morgan fingerprint density at radius 2 is 1.55 bits per heavy atom. The number of methoxy groups -OCH3 is 1. The summed E-state index contributed by atoms with van der Waals surface area (Å²) in [5.41, 5.74) is 0.189. The largest absolute Gasteiger partial charge is 0.507 e. The van der Waals surface area contributed by atoms with Gasteiger partial charge in [-0.25, -0.2) is 0 Å². The summed E-state index contributed by atoms with van der Waals surface area (Å²) < 4.78 is 5.06. The highest BCUT2D eigenvalue weighted by atomic mass is 16.5. The Bertz CT molecular complexity index is 962. The first kappa shape index (κ1) is 21.7. The Kier molecular flexibility index (Phi) is 6.82. The van der Waals surface area contributed by atoms with E-state index in [0.29, 0.717) is 12.8 Å². The number of ketones is 2. The minimum absolute atomic E-state index is 0.0124. The predicted octanol–water partition coefficient (Wildman–Crippen LogP) is 3.51. The number of ether oxygens (including phenoxy) is 1. The van der Waals surface area contributed by atoms with Crippen LogP contribution in [0.5, 0.6) is 23.0 Å². The van der Waals surface area contributed by atoms with E-state index in [-0.39, 0.29) is 58.1 Å². The van der Waals surface area contributed by atoms with Crippen LogP contribution in [0.25, 0.3) is 11.1 Å². The third-order valence-corrected chi connectivity index (χ3v) is 4.45. The van der Waals surface area contributed by atoms with Crippen LogP contribution in [0.2, 0.25) is 0 Å². The molecule has 0 saturated heterocycles. The average molecular weight is 402 g/mol. The Morgan fingerprint density at radius 1 is 0.897 bits per heavy atom. The molecule has 0 aliphatic rings. The zero-order chi connectivity index (χ0) is 21.7. The molecule has 0 aromatic heterocycles. The van der Waals surface area contributed by atoms with Crippen LogP contribution >= 0.6 is 0 Å². The van der Waals surface area contributed by atoms with Gasteiger partial charge in [0.05, 0.1) is 12.7 Å². The summed E-state index contributed by atoms with van der Waals surface area (Å²) in [5, 5.41) is 39.7. The Hall–Kier alpha value is -3.55. The smallest absolute Gasteiger partial charge is 0.303 e. The molecule has 0 aliphatic carbocycles.